The molecule has 0 aliphatic heterocycles. The van der Waals surface area contributed by atoms with Crippen LogP contribution in [0.5, 0.6) is 0 Å². The number of aryl methyl sites for hydroxylation is 1. The number of hydrogen-bond donors (Lipinski definition) is 0. The molecular formula is C16H16Br2O. The van der Waals surface area contributed by atoms with E-state index in [2.05, 4.69) is 69.1 Å². The Bertz CT molecular complexity index is 540. The number of alkyl halides is 1. The fourth-order valence-electron chi connectivity index (χ4n) is 1.97. The first-order valence-corrected chi connectivity index (χ1v) is 8.10. The van der Waals surface area contributed by atoms with E-state index in [0.717, 1.165) is 9.80 Å². The highest BCUT2D eigenvalue weighted by Gasteiger charge is 2.13. The quantitative estimate of drug-likeness (QED) is 0.627. The Morgan fingerprint density at radius 3 is 2.42 bits per heavy atom. The van der Waals surface area contributed by atoms with Crippen LogP contribution in [0.25, 0.3) is 0 Å². The summed E-state index contributed by atoms with van der Waals surface area (Å²) < 4.78 is 7.14. The average molecular weight is 384 g/mol. The molecule has 1 nitrogen and oxygen atoms in total. The van der Waals surface area contributed by atoms with Gasteiger partial charge in [0, 0.05) is 9.80 Å². The van der Waals surface area contributed by atoms with E-state index in [-0.39, 0.29) is 6.10 Å². The lowest BCUT2D eigenvalue weighted by molar-refractivity contribution is 0.0559. The van der Waals surface area contributed by atoms with E-state index < -0.39 is 0 Å². The minimum Gasteiger partial charge on any atom is -0.368 e. The number of ether oxygens (including phenoxy) is 1. The van der Waals surface area contributed by atoms with Crippen LogP contribution in [0.15, 0.2) is 53.0 Å². The summed E-state index contributed by atoms with van der Waals surface area (Å²) in [5.74, 6) is 0. The van der Waals surface area contributed by atoms with Gasteiger partial charge in [0.05, 0.1) is 12.7 Å². The summed E-state index contributed by atoms with van der Waals surface area (Å²) in [6, 6.07) is 16.5. The second-order valence-corrected chi connectivity index (χ2v) is 5.90. The van der Waals surface area contributed by atoms with Gasteiger partial charge in [-0.25, -0.2) is 0 Å². The molecule has 0 N–H and O–H groups in total. The van der Waals surface area contributed by atoms with Gasteiger partial charge in [0.2, 0.25) is 0 Å². The van der Waals surface area contributed by atoms with Crippen molar-refractivity contribution in [1.29, 1.82) is 0 Å². The Labute approximate surface area is 131 Å². The predicted molar refractivity (Wildman–Crippen MR) is 86.6 cm³/mol. The number of hydrogen-bond acceptors (Lipinski definition) is 1. The average Bonchev–Trinajstić information content (AvgIpc) is 2.43. The normalized spacial score (nSPS) is 12.4. The third-order valence-corrected chi connectivity index (χ3v) is 4.44. The molecule has 0 fully saturated rings. The fourth-order valence-corrected chi connectivity index (χ4v) is 2.91. The Morgan fingerprint density at radius 1 is 1.05 bits per heavy atom. The van der Waals surface area contributed by atoms with Crippen LogP contribution >= 0.6 is 31.9 Å². The smallest absolute Gasteiger partial charge is 0.0928 e. The number of halogens is 2. The van der Waals surface area contributed by atoms with Crippen LogP contribution in [0, 0.1) is 6.92 Å². The molecule has 3 heteroatoms. The summed E-state index contributed by atoms with van der Waals surface area (Å²) in [6.07, 6.45) is 0.0771. The van der Waals surface area contributed by atoms with Crippen LogP contribution in [0.4, 0.5) is 0 Å². The molecule has 1 atom stereocenters. The summed E-state index contributed by atoms with van der Waals surface area (Å²) in [6.45, 7) is 2.72. The number of rotatable bonds is 5. The summed E-state index contributed by atoms with van der Waals surface area (Å²) in [4.78, 5) is 0. The molecular weight excluding hydrogens is 368 g/mol. The molecule has 2 rings (SSSR count). The van der Waals surface area contributed by atoms with Crippen molar-refractivity contribution < 1.29 is 4.74 Å². The molecule has 1 unspecified atom stereocenters. The van der Waals surface area contributed by atoms with Crippen LogP contribution in [-0.4, -0.2) is 5.33 Å². The Hall–Kier alpha value is -0.640. The third-order valence-electron chi connectivity index (χ3n) is 3.07. The van der Waals surface area contributed by atoms with Gasteiger partial charge in [0.15, 0.2) is 0 Å². The largest absolute Gasteiger partial charge is 0.368 e. The van der Waals surface area contributed by atoms with Crippen molar-refractivity contribution in [2.45, 2.75) is 19.6 Å². The molecule has 0 radical (unpaired) electrons. The molecule has 0 bridgehead atoms. The van der Waals surface area contributed by atoms with Crippen LogP contribution in [0.2, 0.25) is 0 Å². The molecule has 100 valence electrons. The molecule has 19 heavy (non-hydrogen) atoms. The van der Waals surface area contributed by atoms with Crippen LogP contribution in [0.3, 0.4) is 0 Å². The van der Waals surface area contributed by atoms with Gasteiger partial charge in [-0.3, -0.25) is 0 Å². The molecule has 0 aliphatic rings. The number of benzene rings is 2. The highest BCUT2D eigenvalue weighted by molar-refractivity contribution is 9.10. The molecule has 2 aromatic carbocycles. The highest BCUT2D eigenvalue weighted by Crippen LogP contribution is 2.26. The minimum atomic E-state index is 0.0771. The zero-order valence-corrected chi connectivity index (χ0v) is 13.9. The van der Waals surface area contributed by atoms with Crippen molar-refractivity contribution in [3.8, 4) is 0 Å². The second-order valence-electron chi connectivity index (χ2n) is 4.40. The van der Waals surface area contributed by atoms with Crippen LogP contribution in [0.1, 0.15) is 22.8 Å². The van der Waals surface area contributed by atoms with E-state index >= 15 is 0 Å². The lowest BCUT2D eigenvalue weighted by Crippen LogP contribution is -2.07. The van der Waals surface area contributed by atoms with Crippen molar-refractivity contribution >= 4 is 31.9 Å². The lowest BCUT2D eigenvalue weighted by Gasteiger charge is -2.18. The molecule has 2 aromatic rings. The second kappa shape index (κ2) is 7.22. The van der Waals surface area contributed by atoms with Crippen molar-refractivity contribution in [2.75, 3.05) is 5.33 Å². The molecule has 0 saturated carbocycles. The van der Waals surface area contributed by atoms with E-state index in [9.17, 15) is 0 Å². The molecule has 0 heterocycles. The van der Waals surface area contributed by atoms with Gasteiger partial charge in [-0.2, -0.15) is 0 Å². The van der Waals surface area contributed by atoms with Gasteiger partial charge in [0.1, 0.15) is 0 Å². The maximum absolute atomic E-state index is 6.05. The zero-order valence-electron chi connectivity index (χ0n) is 10.8. The minimum absolute atomic E-state index is 0.0771. The van der Waals surface area contributed by atoms with E-state index in [0.29, 0.717) is 6.61 Å². The monoisotopic (exact) mass is 382 g/mol. The van der Waals surface area contributed by atoms with E-state index in [1.165, 1.54) is 16.7 Å². The first-order chi connectivity index (χ1) is 9.22. The molecule has 0 amide bonds. The van der Waals surface area contributed by atoms with Crippen molar-refractivity contribution in [2.24, 2.45) is 0 Å². The fraction of sp³-hybridized carbons (Fsp3) is 0.250. The molecule has 0 aliphatic carbocycles. The van der Waals surface area contributed by atoms with Gasteiger partial charge >= 0.3 is 0 Å². The van der Waals surface area contributed by atoms with Crippen LogP contribution in [-0.2, 0) is 11.3 Å². The van der Waals surface area contributed by atoms with E-state index in [1.54, 1.807) is 0 Å². The highest BCUT2D eigenvalue weighted by atomic mass is 79.9. The SMILES string of the molecule is Cc1ccccc1C(CBr)OCc1ccccc1Br. The molecule has 0 aromatic heterocycles. The summed E-state index contributed by atoms with van der Waals surface area (Å²) in [5, 5.41) is 0.794. The predicted octanol–water partition coefficient (Wildman–Crippen LogP) is 5.41. The van der Waals surface area contributed by atoms with Gasteiger partial charge < -0.3 is 4.74 Å². The summed E-state index contributed by atoms with van der Waals surface area (Å²) >= 11 is 7.09. The van der Waals surface area contributed by atoms with Crippen molar-refractivity contribution in [1.82, 2.24) is 0 Å². The Balaban J connectivity index is 2.09. The summed E-state index contributed by atoms with van der Waals surface area (Å²) in [5.41, 5.74) is 3.67. The van der Waals surface area contributed by atoms with Crippen LogP contribution < -0.4 is 0 Å². The molecule has 0 saturated heterocycles. The van der Waals surface area contributed by atoms with Crippen molar-refractivity contribution in [3.63, 3.8) is 0 Å². The Morgan fingerprint density at radius 2 is 1.74 bits per heavy atom. The summed E-state index contributed by atoms with van der Waals surface area (Å²) in [7, 11) is 0. The van der Waals surface area contributed by atoms with E-state index in [1.807, 2.05) is 18.2 Å². The van der Waals surface area contributed by atoms with E-state index in [4.69, 9.17) is 4.74 Å². The van der Waals surface area contributed by atoms with Gasteiger partial charge in [-0.1, -0.05) is 74.3 Å². The maximum Gasteiger partial charge on any atom is 0.0928 e. The van der Waals surface area contributed by atoms with Gasteiger partial charge in [-0.15, -0.1) is 0 Å². The topological polar surface area (TPSA) is 9.23 Å². The van der Waals surface area contributed by atoms with Crippen molar-refractivity contribution in [3.05, 3.63) is 69.7 Å². The van der Waals surface area contributed by atoms with Gasteiger partial charge in [-0.05, 0) is 29.7 Å². The lowest BCUT2D eigenvalue weighted by atomic mass is 10.0. The first kappa shape index (κ1) is 14.8. The standard InChI is InChI=1S/C16H16Br2O/c1-12-6-2-4-8-14(12)16(10-17)19-11-13-7-3-5-9-15(13)18/h2-9,16H,10-11H2,1H3. The van der Waals surface area contributed by atoms with Gasteiger partial charge in [0.25, 0.3) is 0 Å². The maximum atomic E-state index is 6.05. The molecule has 0 spiro atoms. The first-order valence-electron chi connectivity index (χ1n) is 6.19. The Kier molecular flexibility index (Phi) is 5.61. The third kappa shape index (κ3) is 3.91. The zero-order chi connectivity index (χ0) is 13.7.